The number of anilines is 3. The van der Waals surface area contributed by atoms with Gasteiger partial charge in [-0.2, -0.15) is 4.98 Å². The van der Waals surface area contributed by atoms with Gasteiger partial charge < -0.3 is 15.8 Å². The molecule has 0 saturated carbocycles. The summed E-state index contributed by atoms with van der Waals surface area (Å²) in [7, 11) is 0. The first-order chi connectivity index (χ1) is 13.1. The van der Waals surface area contributed by atoms with Crippen molar-refractivity contribution in [3.05, 3.63) is 78.6 Å². The zero-order chi connectivity index (χ0) is 18.8. The summed E-state index contributed by atoms with van der Waals surface area (Å²) in [6.07, 6.45) is 1.28. The number of nitrogens with two attached hydrogens (primary N) is 1. The van der Waals surface area contributed by atoms with Gasteiger partial charge in [-0.1, -0.05) is 36.4 Å². The molecule has 0 spiro atoms. The van der Waals surface area contributed by atoms with Crippen LogP contribution < -0.4 is 15.8 Å². The summed E-state index contributed by atoms with van der Waals surface area (Å²) in [6.45, 7) is 0. The predicted octanol–water partition coefficient (Wildman–Crippen LogP) is 5.03. The number of halogens is 2. The van der Waals surface area contributed by atoms with Crippen molar-refractivity contribution in [3.8, 4) is 11.6 Å². The number of nitrogens with zero attached hydrogens (tertiary/aromatic N) is 2. The molecule has 27 heavy (non-hydrogen) atoms. The third-order valence-electron chi connectivity index (χ3n) is 3.99. The Labute approximate surface area is 153 Å². The maximum absolute atomic E-state index is 13.4. The molecule has 0 bridgehead atoms. The monoisotopic (exact) mass is 364 g/mol. The molecule has 0 amide bonds. The molecule has 4 rings (SSSR count). The maximum atomic E-state index is 13.4. The van der Waals surface area contributed by atoms with E-state index in [9.17, 15) is 8.78 Å². The molecule has 0 atom stereocenters. The molecule has 1 aromatic heterocycles. The zero-order valence-corrected chi connectivity index (χ0v) is 14.0. The van der Waals surface area contributed by atoms with E-state index in [1.165, 1.54) is 12.4 Å². The Bertz CT molecular complexity index is 1130. The topological polar surface area (TPSA) is 73.1 Å². The van der Waals surface area contributed by atoms with Crippen molar-refractivity contribution in [1.29, 1.82) is 0 Å². The van der Waals surface area contributed by atoms with Crippen molar-refractivity contribution in [2.24, 2.45) is 0 Å². The van der Waals surface area contributed by atoms with Crippen LogP contribution >= 0.6 is 0 Å². The summed E-state index contributed by atoms with van der Waals surface area (Å²) < 4.78 is 32.4. The highest BCUT2D eigenvalue weighted by molar-refractivity contribution is 5.88. The molecule has 0 fully saturated rings. The lowest BCUT2D eigenvalue weighted by Crippen LogP contribution is -2.03. The second-order valence-electron chi connectivity index (χ2n) is 5.77. The number of benzene rings is 3. The van der Waals surface area contributed by atoms with E-state index < -0.39 is 11.6 Å². The highest BCUT2D eigenvalue weighted by Crippen LogP contribution is 2.34. The van der Waals surface area contributed by atoms with Gasteiger partial charge in [-0.3, -0.25) is 0 Å². The number of rotatable bonds is 4. The normalized spacial score (nSPS) is 10.7. The fraction of sp³-hybridized carbons (Fsp3) is 0. The fourth-order valence-corrected chi connectivity index (χ4v) is 2.66. The number of hydrogen-bond donors (Lipinski definition) is 2. The molecular weight excluding hydrogens is 350 g/mol. The average Bonchev–Trinajstić information content (AvgIpc) is 2.68. The summed E-state index contributed by atoms with van der Waals surface area (Å²) in [5.41, 5.74) is 6.56. The Balaban J connectivity index is 1.66. The van der Waals surface area contributed by atoms with Crippen molar-refractivity contribution in [2.75, 3.05) is 11.1 Å². The summed E-state index contributed by atoms with van der Waals surface area (Å²) in [5, 5.41) is 4.77. The van der Waals surface area contributed by atoms with Crippen molar-refractivity contribution >= 4 is 28.0 Å². The quantitative estimate of drug-likeness (QED) is 0.532. The van der Waals surface area contributed by atoms with Gasteiger partial charge in [-0.25, -0.2) is 13.8 Å². The van der Waals surface area contributed by atoms with E-state index in [-0.39, 0.29) is 17.4 Å². The highest BCUT2D eigenvalue weighted by atomic mass is 19.2. The van der Waals surface area contributed by atoms with Crippen molar-refractivity contribution in [1.82, 2.24) is 9.97 Å². The van der Waals surface area contributed by atoms with Gasteiger partial charge >= 0.3 is 0 Å². The van der Waals surface area contributed by atoms with Crippen LogP contribution in [0.15, 0.2) is 67.0 Å². The van der Waals surface area contributed by atoms with Gasteiger partial charge in [0.05, 0.1) is 0 Å². The maximum Gasteiger partial charge on any atom is 0.248 e. The standard InChI is InChI=1S/C20H14F2N4O/c21-15-9-8-13(10-16(15)22)26-19-18(23)20(25-11-24-19)27-17-7-3-5-12-4-1-2-6-14(12)17/h1-11H,23H2,(H,24,25,26). The number of fused-ring (bicyclic) bond motifs is 1. The molecule has 5 nitrogen and oxygen atoms in total. The average molecular weight is 364 g/mol. The first-order valence-electron chi connectivity index (χ1n) is 8.10. The second-order valence-corrected chi connectivity index (χ2v) is 5.77. The minimum Gasteiger partial charge on any atom is -0.436 e. The van der Waals surface area contributed by atoms with Crippen molar-refractivity contribution < 1.29 is 13.5 Å². The molecule has 0 unspecified atom stereocenters. The Morgan fingerprint density at radius 3 is 2.56 bits per heavy atom. The minimum atomic E-state index is -0.972. The van der Waals surface area contributed by atoms with Gasteiger partial charge in [0, 0.05) is 17.1 Å². The van der Waals surface area contributed by atoms with Crippen LogP contribution in [-0.4, -0.2) is 9.97 Å². The van der Waals surface area contributed by atoms with E-state index in [0.29, 0.717) is 11.4 Å². The Morgan fingerprint density at radius 1 is 0.889 bits per heavy atom. The SMILES string of the molecule is Nc1c(Nc2ccc(F)c(F)c2)ncnc1Oc1cccc2ccccc12. The third-order valence-corrected chi connectivity index (χ3v) is 3.99. The van der Waals surface area contributed by atoms with Gasteiger partial charge in [0.2, 0.25) is 5.88 Å². The molecule has 0 aliphatic heterocycles. The lowest BCUT2D eigenvalue weighted by atomic mass is 10.1. The fourth-order valence-electron chi connectivity index (χ4n) is 2.66. The molecule has 1 heterocycles. The molecule has 4 aromatic rings. The Kier molecular flexibility index (Phi) is 4.25. The van der Waals surface area contributed by atoms with E-state index in [1.807, 2.05) is 42.5 Å². The number of ether oxygens (including phenoxy) is 1. The largest absolute Gasteiger partial charge is 0.436 e. The molecular formula is C20H14F2N4O. The molecule has 7 heteroatoms. The summed E-state index contributed by atoms with van der Waals surface area (Å²) in [5.74, 6) is -0.925. The van der Waals surface area contributed by atoms with Crippen molar-refractivity contribution in [3.63, 3.8) is 0 Å². The summed E-state index contributed by atoms with van der Waals surface area (Å²) in [6, 6.07) is 16.8. The van der Waals surface area contributed by atoms with Crippen LogP contribution in [0.2, 0.25) is 0 Å². The lowest BCUT2D eigenvalue weighted by molar-refractivity contribution is 0.470. The van der Waals surface area contributed by atoms with Crippen LogP contribution in [0, 0.1) is 11.6 Å². The van der Waals surface area contributed by atoms with Crippen LogP contribution in [0.3, 0.4) is 0 Å². The van der Waals surface area contributed by atoms with Crippen LogP contribution in [-0.2, 0) is 0 Å². The van der Waals surface area contributed by atoms with Crippen LogP contribution in [0.5, 0.6) is 11.6 Å². The zero-order valence-electron chi connectivity index (χ0n) is 14.0. The highest BCUT2D eigenvalue weighted by Gasteiger charge is 2.13. The molecule has 0 aliphatic carbocycles. The van der Waals surface area contributed by atoms with E-state index in [2.05, 4.69) is 15.3 Å². The van der Waals surface area contributed by atoms with E-state index >= 15 is 0 Å². The van der Waals surface area contributed by atoms with Crippen LogP contribution in [0.4, 0.5) is 26.0 Å². The Hall–Kier alpha value is -3.74. The minimum absolute atomic E-state index is 0.148. The molecule has 134 valence electrons. The number of nitrogen functional groups attached to an aromatic ring is 1. The van der Waals surface area contributed by atoms with Crippen molar-refractivity contribution in [2.45, 2.75) is 0 Å². The predicted molar refractivity (Wildman–Crippen MR) is 100 cm³/mol. The molecule has 0 aliphatic rings. The number of hydrogen-bond acceptors (Lipinski definition) is 5. The lowest BCUT2D eigenvalue weighted by Gasteiger charge is -2.13. The third kappa shape index (κ3) is 3.35. The van der Waals surface area contributed by atoms with Gasteiger partial charge in [0.25, 0.3) is 0 Å². The van der Waals surface area contributed by atoms with Crippen LogP contribution in [0.1, 0.15) is 0 Å². The molecule has 0 radical (unpaired) electrons. The molecule has 3 aromatic carbocycles. The summed E-state index contributed by atoms with van der Waals surface area (Å²) >= 11 is 0. The van der Waals surface area contributed by atoms with E-state index in [1.54, 1.807) is 0 Å². The van der Waals surface area contributed by atoms with E-state index in [4.69, 9.17) is 10.5 Å². The molecule has 0 saturated heterocycles. The van der Waals surface area contributed by atoms with Crippen LogP contribution in [0.25, 0.3) is 10.8 Å². The van der Waals surface area contributed by atoms with Gasteiger partial charge in [0.15, 0.2) is 17.5 Å². The van der Waals surface area contributed by atoms with Gasteiger partial charge in [0.1, 0.15) is 17.8 Å². The number of aromatic nitrogens is 2. The number of nitrogens with one attached hydrogen (secondary N) is 1. The smallest absolute Gasteiger partial charge is 0.248 e. The van der Waals surface area contributed by atoms with Gasteiger partial charge in [-0.15, -0.1) is 0 Å². The van der Waals surface area contributed by atoms with Gasteiger partial charge in [-0.05, 0) is 23.6 Å². The van der Waals surface area contributed by atoms with E-state index in [0.717, 1.165) is 22.9 Å². The second kappa shape index (κ2) is 6.87. The first kappa shape index (κ1) is 16.7. The summed E-state index contributed by atoms with van der Waals surface area (Å²) in [4.78, 5) is 8.13. The molecule has 3 N–H and O–H groups in total. The Morgan fingerprint density at radius 2 is 1.70 bits per heavy atom. The first-order valence-corrected chi connectivity index (χ1v) is 8.10.